The minimum atomic E-state index is 0.0972. The van der Waals surface area contributed by atoms with E-state index in [0.29, 0.717) is 43.4 Å². The van der Waals surface area contributed by atoms with Gasteiger partial charge in [0.15, 0.2) is 0 Å². The topological polar surface area (TPSA) is 56.4 Å². The van der Waals surface area contributed by atoms with Crippen molar-refractivity contribution >= 4 is 34.8 Å². The number of carbonyl (C=O) groups excluding carboxylic acids is 2. The second-order valence-corrected chi connectivity index (χ2v) is 7.32. The number of hydrogen-bond acceptors (Lipinski definition) is 3. The van der Waals surface area contributed by atoms with Crippen LogP contribution in [0.15, 0.2) is 30.5 Å². The highest BCUT2D eigenvalue weighted by atomic mass is 35.5. The Morgan fingerprint density at radius 2 is 1.70 bits per heavy atom. The summed E-state index contributed by atoms with van der Waals surface area (Å²) in [6.45, 7) is 2.37. The van der Waals surface area contributed by atoms with Gasteiger partial charge in [-0.1, -0.05) is 11.6 Å². The van der Waals surface area contributed by atoms with Gasteiger partial charge in [0.1, 0.15) is 0 Å². The number of amides is 2. The zero-order valence-corrected chi connectivity index (χ0v) is 14.2. The summed E-state index contributed by atoms with van der Waals surface area (Å²) in [7, 11) is 0. The van der Waals surface area contributed by atoms with Crippen molar-refractivity contribution in [2.45, 2.75) is 12.8 Å². The zero-order chi connectivity index (χ0) is 16.2. The maximum Gasteiger partial charge on any atom is 0.228 e. The molecule has 1 fully saturated rings. The number of piperazine rings is 1. The van der Waals surface area contributed by atoms with E-state index in [4.69, 9.17) is 11.6 Å². The van der Waals surface area contributed by atoms with Crippen molar-refractivity contribution in [3.8, 4) is 0 Å². The molecule has 1 N–H and O–H groups in total. The number of nitrogens with one attached hydrogen (secondary N) is 1. The Morgan fingerprint density at radius 3 is 2.22 bits per heavy atom. The lowest BCUT2D eigenvalue weighted by Gasteiger charge is -2.34. The fourth-order valence-corrected chi connectivity index (χ4v) is 3.74. The van der Waals surface area contributed by atoms with E-state index in [2.05, 4.69) is 4.98 Å². The molecule has 3 heterocycles. The third-order valence-electron chi connectivity index (χ3n) is 3.94. The summed E-state index contributed by atoms with van der Waals surface area (Å²) in [5, 5.41) is 0. The van der Waals surface area contributed by atoms with Crippen LogP contribution in [0.25, 0.3) is 0 Å². The number of rotatable bonds is 4. The molecule has 0 aliphatic carbocycles. The number of thiophene rings is 1. The van der Waals surface area contributed by atoms with Crippen LogP contribution >= 0.6 is 22.9 Å². The average molecular weight is 352 g/mol. The van der Waals surface area contributed by atoms with Crippen LogP contribution in [0.3, 0.4) is 0 Å². The van der Waals surface area contributed by atoms with E-state index in [9.17, 15) is 9.59 Å². The summed E-state index contributed by atoms with van der Waals surface area (Å²) >= 11 is 7.33. The molecule has 23 heavy (non-hydrogen) atoms. The van der Waals surface area contributed by atoms with E-state index >= 15 is 0 Å². The Bertz CT molecular complexity index is 675. The second-order valence-electron chi connectivity index (χ2n) is 5.52. The molecular formula is C16H18ClN3O2S. The second kappa shape index (κ2) is 7.19. The van der Waals surface area contributed by atoms with Gasteiger partial charge in [0.2, 0.25) is 11.8 Å². The van der Waals surface area contributed by atoms with Crippen molar-refractivity contribution in [3.63, 3.8) is 0 Å². The van der Waals surface area contributed by atoms with Gasteiger partial charge in [-0.05, 0) is 24.3 Å². The van der Waals surface area contributed by atoms with Crippen LogP contribution in [-0.2, 0) is 22.4 Å². The van der Waals surface area contributed by atoms with Gasteiger partial charge in [-0.3, -0.25) is 9.59 Å². The summed E-state index contributed by atoms with van der Waals surface area (Å²) in [5.41, 5.74) is 0.920. The van der Waals surface area contributed by atoms with Gasteiger partial charge < -0.3 is 14.8 Å². The van der Waals surface area contributed by atoms with Crippen LogP contribution in [0, 0.1) is 0 Å². The molecule has 7 heteroatoms. The van der Waals surface area contributed by atoms with Gasteiger partial charge in [0, 0.05) is 42.9 Å². The molecule has 0 radical (unpaired) electrons. The Hall–Kier alpha value is -1.79. The van der Waals surface area contributed by atoms with E-state index in [1.54, 1.807) is 0 Å². The lowest BCUT2D eigenvalue weighted by atomic mass is 10.2. The van der Waals surface area contributed by atoms with Gasteiger partial charge in [-0.15, -0.1) is 11.3 Å². The Balaban J connectivity index is 1.47. The molecule has 1 aliphatic heterocycles. The molecule has 1 saturated heterocycles. The Morgan fingerprint density at radius 1 is 1.04 bits per heavy atom. The molecule has 1 aliphatic rings. The van der Waals surface area contributed by atoms with Gasteiger partial charge in [0.05, 0.1) is 17.2 Å². The van der Waals surface area contributed by atoms with Gasteiger partial charge >= 0.3 is 0 Å². The highest BCUT2D eigenvalue weighted by Gasteiger charge is 2.24. The first kappa shape index (κ1) is 16.1. The lowest BCUT2D eigenvalue weighted by Crippen LogP contribution is -2.51. The Labute approximate surface area is 143 Å². The number of halogens is 1. The monoisotopic (exact) mass is 351 g/mol. The van der Waals surface area contributed by atoms with Gasteiger partial charge in [-0.2, -0.15) is 0 Å². The molecule has 2 amide bonds. The number of nitrogens with zero attached hydrogens (tertiary/aromatic N) is 2. The van der Waals surface area contributed by atoms with Crippen LogP contribution in [0.5, 0.6) is 0 Å². The molecule has 0 bridgehead atoms. The summed E-state index contributed by atoms with van der Waals surface area (Å²) in [6, 6.07) is 7.49. The zero-order valence-electron chi connectivity index (χ0n) is 12.6. The van der Waals surface area contributed by atoms with E-state index in [1.807, 2.05) is 40.3 Å². The van der Waals surface area contributed by atoms with Gasteiger partial charge in [0.25, 0.3) is 0 Å². The van der Waals surface area contributed by atoms with Crippen molar-refractivity contribution < 1.29 is 9.59 Å². The highest BCUT2D eigenvalue weighted by Crippen LogP contribution is 2.22. The minimum absolute atomic E-state index is 0.0972. The average Bonchev–Trinajstić information content (AvgIpc) is 3.19. The molecular weight excluding hydrogens is 334 g/mol. The van der Waals surface area contributed by atoms with E-state index < -0.39 is 0 Å². The molecule has 2 aromatic rings. The smallest absolute Gasteiger partial charge is 0.228 e. The number of aromatic nitrogens is 1. The molecule has 0 atom stereocenters. The maximum atomic E-state index is 12.3. The van der Waals surface area contributed by atoms with E-state index in [1.165, 1.54) is 11.3 Å². The van der Waals surface area contributed by atoms with E-state index in [0.717, 1.165) is 10.6 Å². The summed E-state index contributed by atoms with van der Waals surface area (Å²) in [6.07, 6.45) is 2.58. The molecule has 122 valence electrons. The molecule has 0 aromatic carbocycles. The van der Waals surface area contributed by atoms with Crippen molar-refractivity contribution in [2.75, 3.05) is 26.2 Å². The minimum Gasteiger partial charge on any atom is -0.365 e. The van der Waals surface area contributed by atoms with Gasteiger partial charge in [-0.25, -0.2) is 0 Å². The predicted molar refractivity (Wildman–Crippen MR) is 90.7 cm³/mol. The maximum absolute atomic E-state index is 12.3. The predicted octanol–water partition coefficient (Wildman–Crippen LogP) is 2.19. The van der Waals surface area contributed by atoms with Crippen molar-refractivity contribution in [3.05, 3.63) is 45.4 Å². The van der Waals surface area contributed by atoms with Crippen LogP contribution in [0.4, 0.5) is 0 Å². The summed E-state index contributed by atoms with van der Waals surface area (Å²) < 4.78 is 0.701. The Kier molecular flexibility index (Phi) is 5.03. The molecule has 0 unspecified atom stereocenters. The van der Waals surface area contributed by atoms with Crippen molar-refractivity contribution in [1.29, 1.82) is 0 Å². The SMILES string of the molecule is O=C(Cc1ccc[nH]1)N1CCN(C(=O)Cc2ccc(Cl)s2)CC1. The number of H-pyrrole nitrogens is 1. The largest absolute Gasteiger partial charge is 0.365 e. The number of hydrogen-bond donors (Lipinski definition) is 1. The van der Waals surface area contributed by atoms with Crippen LogP contribution < -0.4 is 0 Å². The first-order valence-electron chi connectivity index (χ1n) is 7.54. The standard InChI is InChI=1S/C16H18ClN3O2S/c17-14-4-3-13(23-14)11-16(22)20-8-6-19(7-9-20)15(21)10-12-2-1-5-18-12/h1-5,18H,6-11H2. The van der Waals surface area contributed by atoms with Crippen LogP contribution in [0.2, 0.25) is 4.34 Å². The van der Waals surface area contributed by atoms with E-state index in [-0.39, 0.29) is 11.8 Å². The number of carbonyl (C=O) groups is 2. The molecule has 3 rings (SSSR count). The third kappa shape index (κ3) is 4.14. The fraction of sp³-hybridized carbons (Fsp3) is 0.375. The molecule has 0 saturated carbocycles. The van der Waals surface area contributed by atoms with Crippen molar-refractivity contribution in [1.82, 2.24) is 14.8 Å². The normalized spacial score (nSPS) is 15.0. The van der Waals surface area contributed by atoms with Crippen molar-refractivity contribution in [2.24, 2.45) is 0 Å². The third-order valence-corrected chi connectivity index (χ3v) is 5.17. The first-order chi connectivity index (χ1) is 11.1. The quantitative estimate of drug-likeness (QED) is 0.918. The van der Waals surface area contributed by atoms with Crippen LogP contribution in [-0.4, -0.2) is 52.8 Å². The summed E-state index contributed by atoms with van der Waals surface area (Å²) in [4.78, 5) is 32.2. The lowest BCUT2D eigenvalue weighted by molar-refractivity contribution is -0.138. The van der Waals surface area contributed by atoms with Crippen LogP contribution in [0.1, 0.15) is 10.6 Å². The number of aromatic amines is 1. The summed E-state index contributed by atoms with van der Waals surface area (Å²) in [5.74, 6) is 0.199. The molecule has 2 aromatic heterocycles. The highest BCUT2D eigenvalue weighted by molar-refractivity contribution is 7.16. The molecule has 0 spiro atoms. The first-order valence-corrected chi connectivity index (χ1v) is 8.73. The fourth-order valence-electron chi connectivity index (χ4n) is 2.67. The molecule has 5 nitrogen and oxygen atoms in total.